The minimum absolute atomic E-state index is 0.0343. The summed E-state index contributed by atoms with van der Waals surface area (Å²) in [7, 11) is 0. The molecule has 0 aromatic carbocycles. The smallest absolute Gasteiger partial charge is 0.223 e. The number of hydrogen-bond donors (Lipinski definition) is 0. The maximum Gasteiger partial charge on any atom is 0.223 e. The Balaban J connectivity index is 2.11. The summed E-state index contributed by atoms with van der Waals surface area (Å²) in [5.74, 6) is 0.232. The Hall–Kier alpha value is -1.45. The average molecular weight is 247 g/mol. The summed E-state index contributed by atoms with van der Waals surface area (Å²) in [4.78, 5) is 22.7. The minimum Gasteiger partial charge on any atom is -0.334 e. The third-order valence-corrected chi connectivity index (χ3v) is 3.18. The number of amides is 1. The lowest BCUT2D eigenvalue weighted by Crippen LogP contribution is -2.33. The van der Waals surface area contributed by atoms with Gasteiger partial charge in [0, 0.05) is 25.4 Å². The molecule has 18 heavy (non-hydrogen) atoms. The summed E-state index contributed by atoms with van der Waals surface area (Å²) in [6.45, 7) is 7.13. The van der Waals surface area contributed by atoms with E-state index in [1.807, 2.05) is 4.90 Å². The molecule has 1 aliphatic rings. The van der Waals surface area contributed by atoms with E-state index in [0.717, 1.165) is 25.1 Å². The molecule has 0 unspecified atom stereocenters. The van der Waals surface area contributed by atoms with Crippen LogP contribution in [0, 0.1) is 5.41 Å². The summed E-state index contributed by atoms with van der Waals surface area (Å²) in [5.41, 5.74) is 0.948. The molecular formula is C14H21N3O. The lowest BCUT2D eigenvalue weighted by molar-refractivity contribution is -0.134. The van der Waals surface area contributed by atoms with Crippen molar-refractivity contribution in [1.82, 2.24) is 14.9 Å². The van der Waals surface area contributed by atoms with Crippen molar-refractivity contribution in [3.63, 3.8) is 0 Å². The van der Waals surface area contributed by atoms with E-state index >= 15 is 0 Å². The first kappa shape index (κ1) is 13.0. The fourth-order valence-electron chi connectivity index (χ4n) is 2.41. The Morgan fingerprint density at radius 3 is 2.83 bits per heavy atom. The molecule has 98 valence electrons. The molecule has 0 N–H and O–H groups in total. The summed E-state index contributed by atoms with van der Waals surface area (Å²) in [6, 6.07) is 0.119. The lowest BCUT2D eigenvalue weighted by Gasteiger charge is -2.27. The van der Waals surface area contributed by atoms with Gasteiger partial charge in [0.05, 0.1) is 17.9 Å². The van der Waals surface area contributed by atoms with Crippen molar-refractivity contribution in [3.05, 3.63) is 24.3 Å². The minimum atomic E-state index is 0.0343. The van der Waals surface area contributed by atoms with Gasteiger partial charge < -0.3 is 4.90 Å². The molecule has 0 aliphatic carbocycles. The van der Waals surface area contributed by atoms with Crippen LogP contribution in [0.3, 0.4) is 0 Å². The van der Waals surface area contributed by atoms with E-state index in [4.69, 9.17) is 0 Å². The van der Waals surface area contributed by atoms with Gasteiger partial charge in [-0.2, -0.15) is 0 Å². The highest BCUT2D eigenvalue weighted by atomic mass is 16.2. The number of carbonyl (C=O) groups is 1. The van der Waals surface area contributed by atoms with E-state index in [9.17, 15) is 4.79 Å². The zero-order chi connectivity index (χ0) is 13.2. The third kappa shape index (κ3) is 3.06. The zero-order valence-electron chi connectivity index (χ0n) is 11.4. The van der Waals surface area contributed by atoms with Crippen molar-refractivity contribution >= 4 is 5.91 Å². The van der Waals surface area contributed by atoms with Crippen molar-refractivity contribution < 1.29 is 4.79 Å². The molecule has 1 fully saturated rings. The normalized spacial score (nSPS) is 20.2. The molecule has 0 bridgehead atoms. The number of rotatable bonds is 2. The number of aromatic nitrogens is 2. The second kappa shape index (κ2) is 5.04. The maximum atomic E-state index is 12.3. The molecule has 2 rings (SSSR count). The van der Waals surface area contributed by atoms with E-state index in [0.29, 0.717) is 6.42 Å². The first-order valence-electron chi connectivity index (χ1n) is 6.53. The van der Waals surface area contributed by atoms with Crippen LogP contribution in [0.1, 0.15) is 51.8 Å². The number of hydrogen-bond acceptors (Lipinski definition) is 3. The van der Waals surface area contributed by atoms with Crippen LogP contribution < -0.4 is 0 Å². The summed E-state index contributed by atoms with van der Waals surface area (Å²) in [5, 5.41) is 0. The first-order chi connectivity index (χ1) is 8.47. The monoisotopic (exact) mass is 247 g/mol. The van der Waals surface area contributed by atoms with Gasteiger partial charge in [-0.05, 0) is 18.3 Å². The second-order valence-corrected chi connectivity index (χ2v) is 6.11. The topological polar surface area (TPSA) is 46.1 Å². The molecule has 0 saturated carbocycles. The number of carbonyl (C=O) groups excluding carboxylic acids is 1. The van der Waals surface area contributed by atoms with Crippen LogP contribution in [0.15, 0.2) is 18.6 Å². The van der Waals surface area contributed by atoms with Crippen LogP contribution in [0.5, 0.6) is 0 Å². The number of likely N-dealkylation sites (tertiary alicyclic amines) is 1. The van der Waals surface area contributed by atoms with Gasteiger partial charge >= 0.3 is 0 Å². The van der Waals surface area contributed by atoms with Crippen molar-refractivity contribution in [1.29, 1.82) is 0 Å². The molecule has 1 aromatic heterocycles. The van der Waals surface area contributed by atoms with Gasteiger partial charge in [0.25, 0.3) is 0 Å². The highest BCUT2D eigenvalue weighted by molar-refractivity contribution is 5.77. The Morgan fingerprint density at radius 2 is 2.22 bits per heavy atom. The lowest BCUT2D eigenvalue weighted by atomic mass is 9.91. The van der Waals surface area contributed by atoms with Gasteiger partial charge in [0.2, 0.25) is 5.91 Å². The molecule has 1 atom stereocenters. The van der Waals surface area contributed by atoms with E-state index < -0.39 is 0 Å². The highest BCUT2D eigenvalue weighted by Crippen LogP contribution is 2.32. The van der Waals surface area contributed by atoms with Gasteiger partial charge in [-0.1, -0.05) is 20.8 Å². The Labute approximate surface area is 108 Å². The van der Waals surface area contributed by atoms with Gasteiger partial charge in [-0.3, -0.25) is 14.8 Å². The van der Waals surface area contributed by atoms with Crippen molar-refractivity contribution in [2.24, 2.45) is 5.41 Å². The molecule has 1 saturated heterocycles. The van der Waals surface area contributed by atoms with Gasteiger partial charge in [0.15, 0.2) is 0 Å². The van der Waals surface area contributed by atoms with Crippen LogP contribution in [0.4, 0.5) is 0 Å². The molecule has 0 radical (unpaired) electrons. The summed E-state index contributed by atoms with van der Waals surface area (Å²) < 4.78 is 0. The van der Waals surface area contributed by atoms with Crippen molar-refractivity contribution in [3.8, 4) is 0 Å². The van der Waals surface area contributed by atoms with E-state index in [-0.39, 0.29) is 17.4 Å². The Bertz CT molecular complexity index is 411. The molecule has 1 aliphatic heterocycles. The van der Waals surface area contributed by atoms with Gasteiger partial charge in [0.1, 0.15) is 0 Å². The van der Waals surface area contributed by atoms with Crippen LogP contribution in [0.2, 0.25) is 0 Å². The van der Waals surface area contributed by atoms with E-state index in [2.05, 4.69) is 30.7 Å². The average Bonchev–Trinajstić information content (AvgIpc) is 2.76. The zero-order valence-corrected chi connectivity index (χ0v) is 11.4. The van der Waals surface area contributed by atoms with E-state index in [1.165, 1.54) is 0 Å². The van der Waals surface area contributed by atoms with Crippen LogP contribution in [-0.2, 0) is 4.79 Å². The predicted molar refractivity (Wildman–Crippen MR) is 69.8 cm³/mol. The second-order valence-electron chi connectivity index (χ2n) is 6.11. The quantitative estimate of drug-likeness (QED) is 0.807. The van der Waals surface area contributed by atoms with Crippen LogP contribution in [0.25, 0.3) is 0 Å². The largest absolute Gasteiger partial charge is 0.334 e. The summed E-state index contributed by atoms with van der Waals surface area (Å²) >= 11 is 0. The third-order valence-electron chi connectivity index (χ3n) is 3.18. The van der Waals surface area contributed by atoms with Gasteiger partial charge in [-0.25, -0.2) is 0 Å². The van der Waals surface area contributed by atoms with Crippen molar-refractivity contribution in [2.75, 3.05) is 6.54 Å². The van der Waals surface area contributed by atoms with E-state index in [1.54, 1.807) is 18.6 Å². The fourth-order valence-corrected chi connectivity index (χ4v) is 2.41. The molecule has 2 heterocycles. The molecule has 1 aromatic rings. The highest BCUT2D eigenvalue weighted by Gasteiger charge is 2.32. The molecule has 0 spiro atoms. The maximum absolute atomic E-state index is 12.3. The molecule has 4 heteroatoms. The number of nitrogens with zero attached hydrogens (tertiary/aromatic N) is 3. The predicted octanol–water partition coefficient (Wildman–Crippen LogP) is 2.58. The molecular weight excluding hydrogens is 226 g/mol. The Morgan fingerprint density at radius 1 is 1.44 bits per heavy atom. The first-order valence-corrected chi connectivity index (χ1v) is 6.53. The van der Waals surface area contributed by atoms with Crippen LogP contribution in [-0.4, -0.2) is 27.3 Å². The summed E-state index contributed by atoms with van der Waals surface area (Å²) in [6.07, 6.45) is 7.77. The van der Waals surface area contributed by atoms with Crippen LogP contribution >= 0.6 is 0 Å². The van der Waals surface area contributed by atoms with Gasteiger partial charge in [-0.15, -0.1) is 0 Å². The standard InChI is InChI=1S/C14H21N3O/c1-14(2,3)9-13(18)17-8-4-5-12(17)11-10-15-6-7-16-11/h6-7,10,12H,4-5,8-9H2,1-3H3/t12-/m1/s1. The molecule has 4 nitrogen and oxygen atoms in total. The molecule has 1 amide bonds. The fraction of sp³-hybridized carbons (Fsp3) is 0.643. The SMILES string of the molecule is CC(C)(C)CC(=O)N1CCC[C@@H]1c1cnccn1. The Kier molecular flexibility index (Phi) is 3.64. The van der Waals surface area contributed by atoms with Crippen molar-refractivity contribution in [2.45, 2.75) is 46.1 Å².